The molecule has 0 aliphatic rings. The van der Waals surface area contributed by atoms with Gasteiger partial charge in [0.05, 0.1) is 32.7 Å². The van der Waals surface area contributed by atoms with Gasteiger partial charge in [0.1, 0.15) is 0 Å². The van der Waals surface area contributed by atoms with Crippen LogP contribution >= 0.6 is 58.2 Å². The molecule has 0 saturated carbocycles. The summed E-state index contributed by atoms with van der Waals surface area (Å²) in [5, 5.41) is 16.4. The lowest BCUT2D eigenvalue weighted by Crippen LogP contribution is -2.17. The molecule has 0 spiro atoms. The first kappa shape index (κ1) is 22.5. The SMILES string of the molecule is Nn1c(N/N=C/c2ccc(Cl)cc2Cl)nnc1SCC(=O)Nc1cccc(Cl)c1Cl. The summed E-state index contributed by atoms with van der Waals surface area (Å²) in [7, 11) is 0. The summed E-state index contributed by atoms with van der Waals surface area (Å²) in [5.74, 6) is 5.84. The van der Waals surface area contributed by atoms with E-state index in [1.54, 1.807) is 36.4 Å². The quantitative estimate of drug-likeness (QED) is 0.185. The molecule has 13 heteroatoms. The number of hydrogen-bond acceptors (Lipinski definition) is 7. The number of hydrazone groups is 1. The van der Waals surface area contributed by atoms with Crippen molar-refractivity contribution in [3.63, 3.8) is 0 Å². The molecule has 8 nitrogen and oxygen atoms in total. The summed E-state index contributed by atoms with van der Waals surface area (Å²) in [5.41, 5.74) is 3.73. The fourth-order valence-electron chi connectivity index (χ4n) is 2.13. The zero-order valence-corrected chi connectivity index (χ0v) is 18.8. The van der Waals surface area contributed by atoms with Crippen molar-refractivity contribution in [2.75, 3.05) is 22.3 Å². The van der Waals surface area contributed by atoms with Gasteiger partial charge in [0.25, 0.3) is 5.95 Å². The minimum atomic E-state index is -0.308. The van der Waals surface area contributed by atoms with E-state index in [0.29, 0.717) is 31.5 Å². The van der Waals surface area contributed by atoms with Crippen LogP contribution in [0, 0.1) is 0 Å². The van der Waals surface area contributed by atoms with Gasteiger partial charge in [-0.2, -0.15) is 5.10 Å². The van der Waals surface area contributed by atoms with Crippen LogP contribution in [0.1, 0.15) is 5.56 Å². The summed E-state index contributed by atoms with van der Waals surface area (Å²) in [6.45, 7) is 0. The Balaban J connectivity index is 1.56. The molecule has 2 aromatic carbocycles. The zero-order chi connectivity index (χ0) is 21.7. The molecule has 1 heterocycles. The van der Waals surface area contributed by atoms with Gasteiger partial charge in [-0.05, 0) is 24.3 Å². The predicted octanol–water partition coefficient (Wildman–Crippen LogP) is 4.78. The summed E-state index contributed by atoms with van der Waals surface area (Å²) in [6.07, 6.45) is 1.49. The highest BCUT2D eigenvalue weighted by Gasteiger charge is 2.13. The van der Waals surface area contributed by atoms with E-state index in [2.05, 4.69) is 26.0 Å². The van der Waals surface area contributed by atoms with Crippen LogP contribution in [0.25, 0.3) is 0 Å². The number of nitrogens with one attached hydrogen (secondary N) is 2. The van der Waals surface area contributed by atoms with Gasteiger partial charge in [0.15, 0.2) is 0 Å². The Morgan fingerprint density at radius 3 is 2.73 bits per heavy atom. The average molecular weight is 505 g/mol. The number of nitrogens with two attached hydrogens (primary N) is 1. The minimum Gasteiger partial charge on any atom is -0.334 e. The van der Waals surface area contributed by atoms with Gasteiger partial charge in [-0.1, -0.05) is 70.3 Å². The van der Waals surface area contributed by atoms with Crippen LogP contribution in [-0.4, -0.2) is 32.7 Å². The number of aromatic nitrogens is 3. The Labute approximate surface area is 195 Å². The maximum absolute atomic E-state index is 12.2. The standard InChI is InChI=1S/C17H13Cl4N7OS/c18-10-5-4-9(12(20)6-10)7-23-25-16-26-27-17(28(16)22)30-8-14(29)24-13-3-1-2-11(19)15(13)21/h1-7H,8,22H2,(H,24,29)(H,25,26)/b23-7+. The number of thioether (sulfide) groups is 1. The van der Waals surface area contributed by atoms with Gasteiger partial charge >= 0.3 is 0 Å². The number of anilines is 2. The summed E-state index contributed by atoms with van der Waals surface area (Å²) in [6, 6.07) is 9.97. The Morgan fingerprint density at radius 1 is 1.17 bits per heavy atom. The van der Waals surface area contributed by atoms with Crippen LogP contribution in [0.5, 0.6) is 0 Å². The maximum Gasteiger partial charge on any atom is 0.264 e. The van der Waals surface area contributed by atoms with Gasteiger partial charge < -0.3 is 11.2 Å². The molecule has 0 bridgehead atoms. The fourth-order valence-corrected chi connectivity index (χ4v) is 3.60. The summed E-state index contributed by atoms with van der Waals surface area (Å²) in [4.78, 5) is 12.2. The first-order chi connectivity index (χ1) is 14.3. The topological polar surface area (TPSA) is 110 Å². The normalized spacial score (nSPS) is 11.1. The molecule has 0 radical (unpaired) electrons. The number of carbonyl (C=O) groups excluding carboxylic acids is 1. The van der Waals surface area contributed by atoms with E-state index in [0.717, 1.165) is 11.8 Å². The van der Waals surface area contributed by atoms with Crippen LogP contribution in [0.4, 0.5) is 11.6 Å². The molecule has 4 N–H and O–H groups in total. The average Bonchev–Trinajstić information content (AvgIpc) is 3.05. The van der Waals surface area contributed by atoms with Crippen LogP contribution in [0.2, 0.25) is 20.1 Å². The molecule has 0 atom stereocenters. The number of rotatable bonds is 7. The van der Waals surface area contributed by atoms with Gasteiger partial charge in [0, 0.05) is 10.6 Å². The van der Waals surface area contributed by atoms with E-state index in [9.17, 15) is 4.79 Å². The van der Waals surface area contributed by atoms with E-state index in [1.165, 1.54) is 10.9 Å². The number of carbonyl (C=O) groups is 1. The van der Waals surface area contributed by atoms with Crippen molar-refractivity contribution in [3.05, 3.63) is 62.1 Å². The maximum atomic E-state index is 12.2. The van der Waals surface area contributed by atoms with Crippen molar-refractivity contribution in [2.24, 2.45) is 5.10 Å². The highest BCUT2D eigenvalue weighted by Crippen LogP contribution is 2.29. The van der Waals surface area contributed by atoms with Gasteiger partial charge in [-0.15, -0.1) is 10.2 Å². The van der Waals surface area contributed by atoms with Crippen molar-refractivity contribution in [2.45, 2.75) is 5.16 Å². The molecular formula is C17H13Cl4N7OS. The highest BCUT2D eigenvalue weighted by molar-refractivity contribution is 7.99. The Bertz CT molecular complexity index is 1110. The van der Waals surface area contributed by atoms with E-state index in [4.69, 9.17) is 52.2 Å². The second-order valence-electron chi connectivity index (χ2n) is 5.65. The number of halogens is 4. The fraction of sp³-hybridized carbons (Fsp3) is 0.0588. The third-order valence-corrected chi connectivity index (χ3v) is 5.88. The monoisotopic (exact) mass is 503 g/mol. The number of amides is 1. The van der Waals surface area contributed by atoms with E-state index in [1.807, 2.05) is 0 Å². The second-order valence-corrected chi connectivity index (χ2v) is 8.22. The third-order valence-electron chi connectivity index (χ3n) is 3.55. The van der Waals surface area contributed by atoms with Crippen molar-refractivity contribution in [1.82, 2.24) is 14.9 Å². The van der Waals surface area contributed by atoms with Crippen molar-refractivity contribution in [1.29, 1.82) is 0 Å². The van der Waals surface area contributed by atoms with Crippen LogP contribution in [0.15, 0.2) is 46.7 Å². The highest BCUT2D eigenvalue weighted by atomic mass is 35.5. The van der Waals surface area contributed by atoms with Crippen LogP contribution in [0.3, 0.4) is 0 Å². The lowest BCUT2D eigenvalue weighted by atomic mass is 10.2. The molecule has 0 unspecified atom stereocenters. The number of nitrogens with zero attached hydrogens (tertiary/aromatic N) is 4. The largest absolute Gasteiger partial charge is 0.334 e. The third kappa shape index (κ3) is 5.71. The molecule has 30 heavy (non-hydrogen) atoms. The molecule has 156 valence electrons. The molecule has 0 aliphatic heterocycles. The van der Waals surface area contributed by atoms with Crippen molar-refractivity contribution < 1.29 is 4.79 Å². The van der Waals surface area contributed by atoms with E-state index >= 15 is 0 Å². The number of nitrogen functional groups attached to an aromatic ring is 1. The van der Waals surface area contributed by atoms with Crippen molar-refractivity contribution >= 4 is 81.9 Å². The predicted molar refractivity (Wildman–Crippen MR) is 124 cm³/mol. The molecule has 0 saturated heterocycles. The molecule has 3 rings (SSSR count). The van der Waals surface area contributed by atoms with E-state index < -0.39 is 0 Å². The van der Waals surface area contributed by atoms with E-state index in [-0.39, 0.29) is 22.6 Å². The van der Waals surface area contributed by atoms with Gasteiger partial charge in [-0.25, -0.2) is 10.1 Å². The first-order valence-electron chi connectivity index (χ1n) is 8.16. The lowest BCUT2D eigenvalue weighted by molar-refractivity contribution is -0.113. The Hall–Kier alpha value is -2.17. The smallest absolute Gasteiger partial charge is 0.264 e. The molecule has 3 aromatic rings. The first-order valence-corrected chi connectivity index (χ1v) is 10.7. The van der Waals surface area contributed by atoms with Gasteiger partial charge in [-0.3, -0.25) is 4.79 Å². The Kier molecular flexibility index (Phi) is 7.68. The number of benzene rings is 2. The summed E-state index contributed by atoms with van der Waals surface area (Å²) < 4.78 is 1.17. The lowest BCUT2D eigenvalue weighted by Gasteiger charge is -2.08. The molecule has 1 aromatic heterocycles. The van der Waals surface area contributed by atoms with Crippen LogP contribution < -0.4 is 16.6 Å². The van der Waals surface area contributed by atoms with Crippen molar-refractivity contribution in [3.8, 4) is 0 Å². The molecule has 0 fully saturated rings. The van der Waals surface area contributed by atoms with Crippen LogP contribution in [-0.2, 0) is 4.79 Å². The van der Waals surface area contributed by atoms with Gasteiger partial charge in [0.2, 0.25) is 11.1 Å². The zero-order valence-electron chi connectivity index (χ0n) is 14.9. The second kappa shape index (κ2) is 10.2. The molecular weight excluding hydrogens is 492 g/mol. The minimum absolute atomic E-state index is 0.0296. The molecule has 0 aliphatic carbocycles. The Morgan fingerprint density at radius 2 is 1.97 bits per heavy atom. The molecule has 1 amide bonds. The summed E-state index contributed by atoms with van der Waals surface area (Å²) >= 11 is 25.0. The number of hydrogen-bond donors (Lipinski definition) is 3.